The van der Waals surface area contributed by atoms with Crippen molar-refractivity contribution in [3.63, 3.8) is 0 Å². The Morgan fingerprint density at radius 3 is 1.60 bits per heavy atom. The molecular formula is C33H36N4O3. The van der Waals surface area contributed by atoms with Crippen LogP contribution in [-0.4, -0.2) is 29.8 Å². The molecule has 2 unspecified atom stereocenters. The average molecular weight is 537 g/mol. The number of amides is 2. The summed E-state index contributed by atoms with van der Waals surface area (Å²) in [5, 5.41) is 12.6. The Bertz CT molecular complexity index is 1300. The molecule has 2 aliphatic heterocycles. The number of anilines is 2. The van der Waals surface area contributed by atoms with Crippen LogP contribution in [-0.2, 0) is 9.59 Å². The van der Waals surface area contributed by atoms with Crippen LogP contribution in [0.15, 0.2) is 95.1 Å². The molecule has 0 spiro atoms. The molecule has 2 amide bonds. The Morgan fingerprint density at radius 2 is 1.18 bits per heavy atom. The molecule has 7 nitrogen and oxygen atoms in total. The van der Waals surface area contributed by atoms with Crippen LogP contribution in [0.25, 0.3) is 0 Å². The van der Waals surface area contributed by atoms with E-state index < -0.39 is 17.8 Å². The summed E-state index contributed by atoms with van der Waals surface area (Å²) in [5.41, 5.74) is 3.86. The van der Waals surface area contributed by atoms with E-state index in [0.29, 0.717) is 30.8 Å². The fourth-order valence-corrected chi connectivity index (χ4v) is 5.54. The molecule has 0 bridgehead atoms. The highest BCUT2D eigenvalue weighted by Crippen LogP contribution is 2.44. The lowest BCUT2D eigenvalue weighted by atomic mass is 9.71. The van der Waals surface area contributed by atoms with Gasteiger partial charge in [-0.1, -0.05) is 75.7 Å². The van der Waals surface area contributed by atoms with Crippen LogP contribution in [0.3, 0.4) is 0 Å². The molecular weight excluding hydrogens is 500 g/mol. The van der Waals surface area contributed by atoms with E-state index in [0.717, 1.165) is 35.6 Å². The van der Waals surface area contributed by atoms with Crippen LogP contribution < -0.4 is 14.8 Å². The van der Waals surface area contributed by atoms with Gasteiger partial charge in [0, 0.05) is 5.92 Å². The number of nitrogens with zero attached hydrogens (tertiary/aromatic N) is 4. The number of para-hydroxylation sites is 2. The molecule has 7 heteroatoms. The van der Waals surface area contributed by atoms with Gasteiger partial charge >= 0.3 is 0 Å². The Morgan fingerprint density at radius 1 is 0.700 bits per heavy atom. The number of ether oxygens (including phenoxy) is 1. The van der Waals surface area contributed by atoms with E-state index in [4.69, 9.17) is 14.9 Å². The summed E-state index contributed by atoms with van der Waals surface area (Å²) >= 11 is 0. The molecule has 0 N–H and O–H groups in total. The van der Waals surface area contributed by atoms with E-state index in [9.17, 15) is 9.59 Å². The molecule has 0 saturated heterocycles. The molecule has 0 fully saturated rings. The number of carbonyl (C=O) groups is 2. The van der Waals surface area contributed by atoms with E-state index >= 15 is 0 Å². The quantitative estimate of drug-likeness (QED) is 0.253. The van der Waals surface area contributed by atoms with Crippen molar-refractivity contribution in [2.24, 2.45) is 22.0 Å². The van der Waals surface area contributed by atoms with Crippen molar-refractivity contribution >= 4 is 34.6 Å². The predicted molar refractivity (Wildman–Crippen MR) is 160 cm³/mol. The lowest BCUT2D eigenvalue weighted by Crippen LogP contribution is -2.40. The third kappa shape index (κ3) is 5.28. The van der Waals surface area contributed by atoms with Gasteiger partial charge in [-0.05, 0) is 61.2 Å². The minimum atomic E-state index is -0.599. The molecule has 5 rings (SSSR count). The van der Waals surface area contributed by atoms with Crippen LogP contribution in [0.2, 0.25) is 0 Å². The average Bonchev–Trinajstić information content (AvgIpc) is 3.51. The van der Waals surface area contributed by atoms with Gasteiger partial charge in [0.25, 0.3) is 11.8 Å². The van der Waals surface area contributed by atoms with Crippen molar-refractivity contribution in [3.8, 4) is 5.75 Å². The smallest absolute Gasteiger partial charge is 0.256 e. The van der Waals surface area contributed by atoms with Crippen LogP contribution >= 0.6 is 0 Å². The number of rotatable bonds is 11. The van der Waals surface area contributed by atoms with Crippen LogP contribution in [0, 0.1) is 11.8 Å². The predicted octanol–water partition coefficient (Wildman–Crippen LogP) is 6.81. The molecule has 206 valence electrons. The number of hydrogen-bond donors (Lipinski definition) is 0. The number of hydrogen-bond acceptors (Lipinski definition) is 5. The normalized spacial score (nSPS) is 19.6. The molecule has 0 radical (unpaired) electrons. The van der Waals surface area contributed by atoms with E-state index in [1.807, 2.05) is 98.8 Å². The first-order valence-corrected chi connectivity index (χ1v) is 14.2. The summed E-state index contributed by atoms with van der Waals surface area (Å²) in [6, 6.07) is 26.8. The highest BCUT2D eigenvalue weighted by molar-refractivity contribution is 6.20. The van der Waals surface area contributed by atoms with Gasteiger partial charge in [0.15, 0.2) is 0 Å². The van der Waals surface area contributed by atoms with Gasteiger partial charge in [0.1, 0.15) is 5.75 Å². The van der Waals surface area contributed by atoms with Crippen molar-refractivity contribution in [1.82, 2.24) is 0 Å². The topological polar surface area (TPSA) is 74.6 Å². The highest BCUT2D eigenvalue weighted by Gasteiger charge is 2.51. The second-order valence-corrected chi connectivity index (χ2v) is 10.1. The zero-order chi connectivity index (χ0) is 28.1. The first-order valence-electron chi connectivity index (χ1n) is 14.2. The number of benzene rings is 3. The van der Waals surface area contributed by atoms with Gasteiger partial charge in [0.05, 0.1) is 41.2 Å². The Balaban J connectivity index is 1.57. The number of unbranched alkanes of at least 4 members (excludes halogenated alkanes) is 1. The summed E-state index contributed by atoms with van der Waals surface area (Å²) in [6.07, 6.45) is 3.23. The van der Waals surface area contributed by atoms with Gasteiger partial charge in [-0.2, -0.15) is 10.2 Å². The zero-order valence-electron chi connectivity index (χ0n) is 23.4. The monoisotopic (exact) mass is 536 g/mol. The van der Waals surface area contributed by atoms with Crippen LogP contribution in [0.5, 0.6) is 5.75 Å². The summed E-state index contributed by atoms with van der Waals surface area (Å²) in [5.74, 6) is -1.14. The lowest BCUT2D eigenvalue weighted by Gasteiger charge is -2.29. The fraction of sp³-hybridized carbons (Fsp3) is 0.333. The lowest BCUT2D eigenvalue weighted by molar-refractivity contribution is -0.122. The molecule has 2 atom stereocenters. The van der Waals surface area contributed by atoms with Crippen molar-refractivity contribution in [1.29, 1.82) is 0 Å². The largest absolute Gasteiger partial charge is 0.494 e. The third-order valence-corrected chi connectivity index (χ3v) is 7.60. The standard InChI is InChI=1S/C33H36N4O3/c1-4-7-22-40-26-20-18-23(19-21-26)29(30-27(5-2)34-36(32(30)38)24-14-10-8-11-15-24)31-28(6-3)35-37(33(31)39)25-16-12-9-13-17-25/h8-21,29-31H,4-7,22H2,1-3H3. The molecule has 0 aromatic heterocycles. The van der Waals surface area contributed by atoms with Gasteiger partial charge in [-0.15, -0.1) is 0 Å². The molecule has 3 aromatic carbocycles. The van der Waals surface area contributed by atoms with Crippen molar-refractivity contribution in [2.45, 2.75) is 52.4 Å². The number of carbonyl (C=O) groups excluding carboxylic acids is 2. The molecule has 3 aromatic rings. The molecule has 40 heavy (non-hydrogen) atoms. The Hall–Kier alpha value is -4.26. The highest BCUT2D eigenvalue weighted by atomic mass is 16.5. The molecule has 2 heterocycles. The maximum atomic E-state index is 14.2. The summed E-state index contributed by atoms with van der Waals surface area (Å²) < 4.78 is 5.91. The first-order chi connectivity index (χ1) is 19.6. The van der Waals surface area contributed by atoms with Crippen LogP contribution in [0.1, 0.15) is 57.9 Å². The minimum absolute atomic E-state index is 0.127. The van der Waals surface area contributed by atoms with E-state index in [1.165, 1.54) is 10.0 Å². The summed E-state index contributed by atoms with van der Waals surface area (Å²) in [4.78, 5) is 28.3. The Kier molecular flexibility index (Phi) is 8.39. The fourth-order valence-electron chi connectivity index (χ4n) is 5.54. The van der Waals surface area contributed by atoms with Gasteiger partial charge in [0.2, 0.25) is 0 Å². The minimum Gasteiger partial charge on any atom is -0.494 e. The van der Waals surface area contributed by atoms with E-state index in [-0.39, 0.29) is 11.8 Å². The van der Waals surface area contributed by atoms with E-state index in [1.54, 1.807) is 0 Å². The Labute approximate surface area is 236 Å². The maximum Gasteiger partial charge on any atom is 0.256 e. The molecule has 2 aliphatic rings. The second-order valence-electron chi connectivity index (χ2n) is 10.1. The van der Waals surface area contributed by atoms with E-state index in [2.05, 4.69) is 6.92 Å². The summed E-state index contributed by atoms with van der Waals surface area (Å²) in [7, 11) is 0. The van der Waals surface area contributed by atoms with Gasteiger partial charge < -0.3 is 4.74 Å². The second kappa shape index (κ2) is 12.3. The first kappa shape index (κ1) is 27.3. The number of hydrazone groups is 2. The molecule has 0 aliphatic carbocycles. The zero-order valence-corrected chi connectivity index (χ0v) is 23.4. The molecule has 0 saturated carbocycles. The van der Waals surface area contributed by atoms with Crippen molar-refractivity contribution in [3.05, 3.63) is 90.5 Å². The third-order valence-electron chi connectivity index (χ3n) is 7.60. The summed E-state index contributed by atoms with van der Waals surface area (Å²) in [6.45, 7) is 6.80. The van der Waals surface area contributed by atoms with Crippen molar-refractivity contribution in [2.75, 3.05) is 16.6 Å². The van der Waals surface area contributed by atoms with Crippen molar-refractivity contribution < 1.29 is 14.3 Å². The SMILES string of the molecule is CCCCOc1ccc(C(C2C(=O)N(c3ccccc3)N=C2CC)C2C(=O)N(c3ccccc3)N=C2CC)cc1. The maximum absolute atomic E-state index is 14.2. The van der Waals surface area contributed by atoms with Gasteiger partial charge in [-0.25, -0.2) is 10.0 Å². The van der Waals surface area contributed by atoms with Gasteiger partial charge in [-0.3, -0.25) is 9.59 Å². The van der Waals surface area contributed by atoms with Crippen LogP contribution in [0.4, 0.5) is 11.4 Å².